The maximum Gasteiger partial charge on any atom is 0.354 e. The van der Waals surface area contributed by atoms with Gasteiger partial charge in [-0.15, -0.1) is 0 Å². The van der Waals surface area contributed by atoms with Crippen LogP contribution in [0.3, 0.4) is 0 Å². The average molecular weight is 959 g/mol. The molecule has 6 aromatic carbocycles. The largest absolute Gasteiger partial charge is 0.428 e. The Hall–Kier alpha value is -2.45. The van der Waals surface area contributed by atoms with Crippen LogP contribution in [-0.4, -0.2) is 0 Å². The molecule has 0 saturated heterocycles. The Morgan fingerprint density at radius 1 is 0.293 bits per heavy atom. The van der Waals surface area contributed by atoms with Crippen molar-refractivity contribution in [2.24, 2.45) is 0 Å². The summed E-state index contributed by atoms with van der Waals surface area (Å²) in [5, 5.41) is 0. The van der Waals surface area contributed by atoms with Crippen LogP contribution in [0.5, 0.6) is 34.5 Å². The summed E-state index contributed by atoms with van der Waals surface area (Å²) in [4.78, 5) is 0. The molecule has 0 saturated carbocycles. The smallest absolute Gasteiger partial charge is 0.354 e. The van der Waals surface area contributed by atoms with Crippen LogP contribution in [0.4, 0.5) is 0 Å². The molecule has 16 heteroatoms. The predicted molar refractivity (Wildman–Crippen MR) is 263 cm³/mol. The van der Waals surface area contributed by atoms with Crippen molar-refractivity contribution >= 4 is 91.0 Å². The standard InChI is InChI=1S/C42H42O6P4S6/c1-31-7-19-37(20-8-31)43-50(53,44-38-21-9-32(2)10-22-38)56-49(57-51(54,45-39-23-11-33(3)12-24-39)46-40-25-13-34(4)14-26-40)58-52(55,47-41-27-15-35(5)16-28-41)48-42-29-17-36(6)18-30-42/h7-30H,1-6H3. The second-order valence-corrected chi connectivity index (χ2v) is 39.9. The second-order valence-electron chi connectivity index (χ2n) is 13.2. The molecule has 0 aromatic heterocycles. The van der Waals surface area contributed by atoms with E-state index in [-0.39, 0.29) is 0 Å². The number of benzene rings is 6. The van der Waals surface area contributed by atoms with Crippen LogP contribution in [0.25, 0.3) is 0 Å². The van der Waals surface area contributed by atoms with Crippen LogP contribution in [0.2, 0.25) is 0 Å². The molecule has 58 heavy (non-hydrogen) atoms. The molecule has 6 rings (SSSR count). The number of hydrogen-bond acceptors (Lipinski definition) is 12. The molecule has 0 spiro atoms. The summed E-state index contributed by atoms with van der Waals surface area (Å²) in [6.07, 6.45) is 0. The lowest BCUT2D eigenvalue weighted by atomic mass is 10.2. The Labute approximate surface area is 370 Å². The highest BCUT2D eigenvalue weighted by Crippen LogP contribution is 2.95. The normalized spacial score (nSPS) is 11.8. The quantitative estimate of drug-likeness (QED) is 0.0771. The van der Waals surface area contributed by atoms with Gasteiger partial charge in [0.15, 0.2) is 0 Å². The van der Waals surface area contributed by atoms with E-state index in [4.69, 9.17) is 62.6 Å². The van der Waals surface area contributed by atoms with Gasteiger partial charge >= 0.3 is 17.1 Å². The first-order valence-corrected chi connectivity index (χ1v) is 33.2. The zero-order valence-electron chi connectivity index (χ0n) is 32.5. The lowest BCUT2D eigenvalue weighted by Crippen LogP contribution is -2.00. The molecule has 0 N–H and O–H groups in total. The van der Waals surface area contributed by atoms with Crippen molar-refractivity contribution in [3.05, 3.63) is 179 Å². The first kappa shape index (κ1) is 45.1. The van der Waals surface area contributed by atoms with E-state index < -0.39 is 22.6 Å². The minimum absolute atomic E-state index is 0.580. The predicted octanol–water partition coefficient (Wildman–Crippen LogP) is 16.4. The molecule has 0 aliphatic carbocycles. The molecule has 302 valence electrons. The summed E-state index contributed by atoms with van der Waals surface area (Å²) in [5.41, 5.74) is -5.03. The van der Waals surface area contributed by atoms with E-state index in [0.717, 1.165) is 33.4 Å². The van der Waals surface area contributed by atoms with Crippen LogP contribution >= 0.6 is 55.6 Å². The fraction of sp³-hybridized carbons (Fsp3) is 0.143. The van der Waals surface area contributed by atoms with E-state index in [1.807, 2.05) is 187 Å². The van der Waals surface area contributed by atoms with E-state index in [0.29, 0.717) is 34.5 Å². The zero-order valence-corrected chi connectivity index (χ0v) is 41.0. The summed E-state index contributed by atoms with van der Waals surface area (Å²) >= 11 is 23.5. The third-order valence-corrected chi connectivity index (χ3v) is 42.4. The van der Waals surface area contributed by atoms with Gasteiger partial charge in [-0.2, -0.15) is 0 Å². The van der Waals surface area contributed by atoms with E-state index in [1.165, 1.54) is 33.0 Å². The van der Waals surface area contributed by atoms with Crippen LogP contribution < -0.4 is 27.1 Å². The molecule has 0 heterocycles. The third kappa shape index (κ3) is 14.1. The Kier molecular flexibility index (Phi) is 15.9. The molecule has 0 unspecified atom stereocenters. The third-order valence-electron chi connectivity index (χ3n) is 7.93. The fourth-order valence-corrected chi connectivity index (χ4v) is 56.6. The highest BCUT2D eigenvalue weighted by Gasteiger charge is 2.42. The highest BCUT2D eigenvalue weighted by molar-refractivity contribution is 9.35. The molecule has 0 atom stereocenters. The highest BCUT2D eigenvalue weighted by atomic mass is 33.6. The van der Waals surface area contributed by atoms with E-state index in [2.05, 4.69) is 0 Å². The minimum atomic E-state index is -3.32. The van der Waals surface area contributed by atoms with E-state index in [9.17, 15) is 0 Å². The maximum absolute atomic E-state index is 6.73. The van der Waals surface area contributed by atoms with Crippen LogP contribution in [0.15, 0.2) is 146 Å². The molecular weight excluding hydrogens is 917 g/mol. The molecule has 6 aromatic rings. The number of rotatable bonds is 18. The summed E-state index contributed by atoms with van der Waals surface area (Å²) in [6, 6.07) is 46.5. The van der Waals surface area contributed by atoms with Gasteiger partial charge in [-0.25, -0.2) is 0 Å². The Bertz CT molecular complexity index is 1990. The molecule has 0 amide bonds. The van der Waals surface area contributed by atoms with E-state index in [1.54, 1.807) is 0 Å². The van der Waals surface area contributed by atoms with Gasteiger partial charge in [-0.3, -0.25) is 0 Å². The van der Waals surface area contributed by atoms with Gasteiger partial charge in [0.05, 0.1) is 0 Å². The SMILES string of the molecule is Cc1ccc(OP(=S)(Oc2ccc(C)cc2)SP(SP(=S)(Oc2ccc(C)cc2)Oc2ccc(C)cc2)SP(=S)(Oc2ccc(C)cc2)Oc2ccc(C)cc2)cc1. The molecule has 0 aliphatic rings. The van der Waals surface area contributed by atoms with Crippen molar-refractivity contribution in [3.63, 3.8) is 0 Å². The lowest BCUT2D eigenvalue weighted by Gasteiger charge is -2.31. The summed E-state index contributed by atoms with van der Waals surface area (Å²) in [7, 11) is 0. The van der Waals surface area contributed by atoms with Gasteiger partial charge in [-0.1, -0.05) is 106 Å². The maximum atomic E-state index is 6.73. The fourth-order valence-electron chi connectivity index (χ4n) is 4.81. The van der Waals surface area contributed by atoms with Crippen molar-refractivity contribution in [1.82, 2.24) is 0 Å². The summed E-state index contributed by atoms with van der Waals surface area (Å²) < 4.78 is 40.4. The molecule has 0 aliphatic heterocycles. The second kappa shape index (κ2) is 20.4. The first-order valence-electron chi connectivity index (χ1n) is 17.9. The summed E-state index contributed by atoms with van der Waals surface area (Å²) in [6.45, 7) is 12.1. The number of hydrogen-bond donors (Lipinski definition) is 0. The molecule has 0 radical (unpaired) electrons. The van der Waals surface area contributed by atoms with Gasteiger partial charge in [0, 0.05) is 68.4 Å². The zero-order chi connectivity index (χ0) is 41.3. The Morgan fingerprint density at radius 2 is 0.431 bits per heavy atom. The van der Waals surface area contributed by atoms with E-state index >= 15 is 0 Å². The van der Waals surface area contributed by atoms with Crippen molar-refractivity contribution < 1.29 is 27.1 Å². The monoisotopic (exact) mass is 958 g/mol. The first-order chi connectivity index (χ1) is 27.6. The van der Waals surface area contributed by atoms with Gasteiger partial charge in [0.1, 0.15) is 40.0 Å². The van der Waals surface area contributed by atoms with Gasteiger partial charge in [0.25, 0.3) is 0 Å². The summed E-state index contributed by atoms with van der Waals surface area (Å²) in [5.74, 6) is 3.48. The van der Waals surface area contributed by atoms with Crippen molar-refractivity contribution in [1.29, 1.82) is 0 Å². The molecular formula is C42H42O6P4S6. The average Bonchev–Trinajstić information content (AvgIpc) is 3.17. The van der Waals surface area contributed by atoms with Crippen LogP contribution in [0.1, 0.15) is 33.4 Å². The minimum Gasteiger partial charge on any atom is -0.428 e. The van der Waals surface area contributed by atoms with Crippen molar-refractivity contribution in [3.8, 4) is 34.5 Å². The van der Waals surface area contributed by atoms with Gasteiger partial charge in [0.2, 0.25) is 0 Å². The lowest BCUT2D eigenvalue weighted by molar-refractivity contribution is 0.506. The van der Waals surface area contributed by atoms with Crippen molar-refractivity contribution in [2.75, 3.05) is 0 Å². The Balaban J connectivity index is 1.46. The number of aryl methyl sites for hydroxylation is 6. The van der Waals surface area contributed by atoms with Crippen molar-refractivity contribution in [2.45, 2.75) is 41.5 Å². The Morgan fingerprint density at radius 3 is 0.569 bits per heavy atom. The molecule has 0 fully saturated rings. The van der Waals surface area contributed by atoms with Crippen LogP contribution in [-0.2, 0) is 35.4 Å². The molecule has 0 bridgehead atoms. The molecule has 6 nitrogen and oxygen atoms in total. The van der Waals surface area contributed by atoms with Gasteiger partial charge in [-0.05, 0) is 114 Å². The van der Waals surface area contributed by atoms with Gasteiger partial charge < -0.3 is 27.1 Å². The topological polar surface area (TPSA) is 55.4 Å². The van der Waals surface area contributed by atoms with Crippen LogP contribution in [0, 0.1) is 41.5 Å².